The minimum absolute atomic E-state index is 0.0701. The second-order valence-corrected chi connectivity index (χ2v) is 3.77. The Morgan fingerprint density at radius 3 is 2.47 bits per heavy atom. The number of ketones is 1. The largest absolute Gasteiger partial charge is 0.491 e. The number of Topliss-reactive ketones (excluding diaryl/α,β-unsaturated/α-hetero) is 1. The van der Waals surface area contributed by atoms with Crippen LogP contribution in [0.15, 0.2) is 24.3 Å². The SMILES string of the molecule is CC(=O)c1ccc(OCC2OC2C)cc1. The number of rotatable bonds is 4. The standard InChI is InChI=1S/C12H14O3/c1-8(13)10-3-5-11(6-4-10)14-7-12-9(2)15-12/h3-6,9,12H,7H2,1-2H3. The quantitative estimate of drug-likeness (QED) is 0.559. The van der Waals surface area contributed by atoms with Gasteiger partial charge in [0.25, 0.3) is 0 Å². The monoisotopic (exact) mass is 206 g/mol. The number of carbonyl (C=O) groups excluding carboxylic acids is 1. The van der Waals surface area contributed by atoms with Gasteiger partial charge in [0.1, 0.15) is 18.5 Å². The highest BCUT2D eigenvalue weighted by Gasteiger charge is 2.34. The Morgan fingerprint density at radius 2 is 2.00 bits per heavy atom. The van der Waals surface area contributed by atoms with Crippen LogP contribution in [-0.2, 0) is 4.74 Å². The molecule has 3 heteroatoms. The molecule has 1 saturated heterocycles. The zero-order valence-electron chi connectivity index (χ0n) is 8.90. The first-order chi connectivity index (χ1) is 7.16. The summed E-state index contributed by atoms with van der Waals surface area (Å²) in [5.41, 5.74) is 0.707. The molecule has 1 aliphatic heterocycles. The molecule has 1 aliphatic rings. The molecular weight excluding hydrogens is 192 g/mol. The lowest BCUT2D eigenvalue weighted by atomic mass is 10.1. The predicted molar refractivity (Wildman–Crippen MR) is 56.3 cm³/mol. The molecule has 80 valence electrons. The second kappa shape index (κ2) is 4.03. The predicted octanol–water partition coefficient (Wildman–Crippen LogP) is 2.06. The summed E-state index contributed by atoms with van der Waals surface area (Å²) in [7, 11) is 0. The summed E-state index contributed by atoms with van der Waals surface area (Å²) in [6, 6.07) is 7.16. The van der Waals surface area contributed by atoms with Crippen LogP contribution in [0.2, 0.25) is 0 Å². The summed E-state index contributed by atoms with van der Waals surface area (Å²) in [6.45, 7) is 4.16. The molecule has 0 aromatic heterocycles. The molecular formula is C12H14O3. The zero-order valence-corrected chi connectivity index (χ0v) is 8.90. The number of epoxide rings is 1. The number of hydrogen-bond donors (Lipinski definition) is 0. The molecule has 3 nitrogen and oxygen atoms in total. The van der Waals surface area contributed by atoms with Crippen molar-refractivity contribution in [3.8, 4) is 5.75 Å². The molecule has 0 aliphatic carbocycles. The molecule has 0 amide bonds. The van der Waals surface area contributed by atoms with Gasteiger partial charge < -0.3 is 9.47 Å². The van der Waals surface area contributed by atoms with Crippen molar-refractivity contribution in [2.45, 2.75) is 26.1 Å². The van der Waals surface area contributed by atoms with E-state index in [0.717, 1.165) is 5.75 Å². The van der Waals surface area contributed by atoms with Gasteiger partial charge in [0.05, 0.1) is 6.10 Å². The van der Waals surface area contributed by atoms with Gasteiger partial charge >= 0.3 is 0 Å². The van der Waals surface area contributed by atoms with Gasteiger partial charge in [-0.2, -0.15) is 0 Å². The smallest absolute Gasteiger partial charge is 0.159 e. The third-order valence-electron chi connectivity index (χ3n) is 2.51. The molecule has 1 heterocycles. The molecule has 2 atom stereocenters. The highest BCUT2D eigenvalue weighted by atomic mass is 16.6. The summed E-state index contributed by atoms with van der Waals surface area (Å²) in [5, 5.41) is 0. The summed E-state index contributed by atoms with van der Waals surface area (Å²) >= 11 is 0. The van der Waals surface area contributed by atoms with E-state index in [-0.39, 0.29) is 11.9 Å². The first-order valence-corrected chi connectivity index (χ1v) is 5.06. The Balaban J connectivity index is 1.89. The fraction of sp³-hybridized carbons (Fsp3) is 0.417. The minimum atomic E-state index is 0.0701. The zero-order chi connectivity index (χ0) is 10.8. The number of ether oxygens (including phenoxy) is 2. The Kier molecular flexibility index (Phi) is 2.73. The molecule has 15 heavy (non-hydrogen) atoms. The lowest BCUT2D eigenvalue weighted by Crippen LogP contribution is -2.06. The van der Waals surface area contributed by atoms with Crippen LogP contribution in [0.1, 0.15) is 24.2 Å². The molecule has 2 unspecified atom stereocenters. The van der Waals surface area contributed by atoms with Crippen molar-refractivity contribution in [2.24, 2.45) is 0 Å². The first kappa shape index (κ1) is 10.2. The van der Waals surface area contributed by atoms with Crippen LogP contribution in [0.4, 0.5) is 0 Å². The van der Waals surface area contributed by atoms with Crippen molar-refractivity contribution in [2.75, 3.05) is 6.61 Å². The van der Waals surface area contributed by atoms with Crippen LogP contribution in [-0.4, -0.2) is 24.6 Å². The summed E-state index contributed by atoms with van der Waals surface area (Å²) in [4.78, 5) is 11.0. The van der Waals surface area contributed by atoms with Gasteiger partial charge in [0, 0.05) is 5.56 Å². The van der Waals surface area contributed by atoms with Crippen molar-refractivity contribution in [1.82, 2.24) is 0 Å². The third-order valence-corrected chi connectivity index (χ3v) is 2.51. The molecule has 2 rings (SSSR count). The first-order valence-electron chi connectivity index (χ1n) is 5.06. The topological polar surface area (TPSA) is 38.8 Å². The Morgan fingerprint density at radius 1 is 1.40 bits per heavy atom. The van der Waals surface area contributed by atoms with Crippen LogP contribution >= 0.6 is 0 Å². The normalized spacial score (nSPS) is 23.6. The van der Waals surface area contributed by atoms with Crippen LogP contribution in [0.25, 0.3) is 0 Å². The van der Waals surface area contributed by atoms with E-state index in [4.69, 9.17) is 9.47 Å². The van der Waals surface area contributed by atoms with Crippen molar-refractivity contribution in [1.29, 1.82) is 0 Å². The van der Waals surface area contributed by atoms with Crippen molar-refractivity contribution in [3.05, 3.63) is 29.8 Å². The third kappa shape index (κ3) is 2.57. The van der Waals surface area contributed by atoms with Crippen LogP contribution in [0.5, 0.6) is 5.75 Å². The number of benzene rings is 1. The van der Waals surface area contributed by atoms with Crippen LogP contribution in [0, 0.1) is 0 Å². The van der Waals surface area contributed by atoms with Gasteiger partial charge in [-0.3, -0.25) is 4.79 Å². The molecule has 1 aromatic rings. The molecule has 0 spiro atoms. The molecule has 1 aromatic carbocycles. The van der Waals surface area contributed by atoms with Gasteiger partial charge in [-0.05, 0) is 38.1 Å². The average molecular weight is 206 g/mol. The summed E-state index contributed by atoms with van der Waals surface area (Å²) in [6.07, 6.45) is 0.555. The van der Waals surface area contributed by atoms with E-state index in [9.17, 15) is 4.79 Å². The maximum absolute atomic E-state index is 11.0. The number of carbonyl (C=O) groups is 1. The van der Waals surface area contributed by atoms with Gasteiger partial charge in [-0.1, -0.05) is 0 Å². The van der Waals surface area contributed by atoms with Gasteiger partial charge in [0.15, 0.2) is 5.78 Å². The maximum Gasteiger partial charge on any atom is 0.159 e. The minimum Gasteiger partial charge on any atom is -0.491 e. The molecule has 0 bridgehead atoms. The van der Waals surface area contributed by atoms with Gasteiger partial charge in [-0.25, -0.2) is 0 Å². The van der Waals surface area contributed by atoms with E-state index in [1.807, 2.05) is 19.1 Å². The Bertz CT molecular complexity index is 356. The van der Waals surface area contributed by atoms with Gasteiger partial charge in [0.2, 0.25) is 0 Å². The lowest BCUT2D eigenvalue weighted by Gasteiger charge is -2.04. The lowest BCUT2D eigenvalue weighted by molar-refractivity contribution is 0.101. The summed E-state index contributed by atoms with van der Waals surface area (Å²) < 4.78 is 10.7. The van der Waals surface area contributed by atoms with E-state index in [1.54, 1.807) is 19.1 Å². The highest BCUT2D eigenvalue weighted by molar-refractivity contribution is 5.94. The average Bonchev–Trinajstić information content (AvgIpc) is 2.92. The second-order valence-electron chi connectivity index (χ2n) is 3.77. The highest BCUT2D eigenvalue weighted by Crippen LogP contribution is 2.22. The molecule has 0 N–H and O–H groups in total. The van der Waals surface area contributed by atoms with Crippen molar-refractivity contribution in [3.63, 3.8) is 0 Å². The van der Waals surface area contributed by atoms with E-state index in [0.29, 0.717) is 18.3 Å². The number of hydrogen-bond acceptors (Lipinski definition) is 3. The van der Waals surface area contributed by atoms with Crippen molar-refractivity contribution < 1.29 is 14.3 Å². The van der Waals surface area contributed by atoms with Gasteiger partial charge in [-0.15, -0.1) is 0 Å². The fourth-order valence-electron chi connectivity index (χ4n) is 1.37. The summed E-state index contributed by atoms with van der Waals surface area (Å²) in [5.74, 6) is 0.850. The fourth-order valence-corrected chi connectivity index (χ4v) is 1.37. The van der Waals surface area contributed by atoms with Crippen molar-refractivity contribution >= 4 is 5.78 Å². The Hall–Kier alpha value is -1.35. The van der Waals surface area contributed by atoms with Crippen LogP contribution < -0.4 is 4.74 Å². The molecule has 0 radical (unpaired) electrons. The van der Waals surface area contributed by atoms with E-state index >= 15 is 0 Å². The molecule has 1 fully saturated rings. The maximum atomic E-state index is 11.0. The van der Waals surface area contributed by atoms with E-state index < -0.39 is 0 Å². The van der Waals surface area contributed by atoms with E-state index in [2.05, 4.69) is 0 Å². The van der Waals surface area contributed by atoms with Crippen LogP contribution in [0.3, 0.4) is 0 Å². The Labute approximate surface area is 89.0 Å². The molecule has 0 saturated carbocycles. The van der Waals surface area contributed by atoms with E-state index in [1.165, 1.54) is 0 Å².